The average molecular weight is 635 g/mol. The molecule has 3 aliphatic heterocycles. The van der Waals surface area contributed by atoms with E-state index in [-0.39, 0.29) is 17.9 Å². The second-order valence-corrected chi connectivity index (χ2v) is 13.6. The molecule has 4 aliphatic rings. The van der Waals surface area contributed by atoms with Crippen molar-refractivity contribution in [3.63, 3.8) is 0 Å². The zero-order valence-corrected chi connectivity index (χ0v) is 26.4. The van der Waals surface area contributed by atoms with Gasteiger partial charge in [0.1, 0.15) is 11.5 Å². The minimum Gasteiger partial charge on any atom is -0.506 e. The van der Waals surface area contributed by atoms with Crippen molar-refractivity contribution in [2.75, 3.05) is 47.1 Å². The molecule has 13 heteroatoms. The Kier molecular flexibility index (Phi) is 10.4. The van der Waals surface area contributed by atoms with Gasteiger partial charge in [0.2, 0.25) is 9.84 Å². The standard InChI is InChI=1S/C31H43FN4O7S/c1-4-5-7-21-25(26-22(41-2)8-6-9-23(26)42-3)28(37)29(31(38)35-21)44(39,40)24-11-10-19(18-34-24)20-12-13-33-30(27(20)32)36-14-16-43-17-15-36/h6,8,12,18-19,23-24,27,30,33H,4-5,7,9-11,13-17H2,1-3H3,(H2,35,37,38). The van der Waals surface area contributed by atoms with Crippen molar-refractivity contribution < 1.29 is 32.1 Å². The molecule has 3 N–H and O–H groups in total. The second-order valence-electron chi connectivity index (χ2n) is 11.5. The fraction of sp³-hybridized carbons (Fsp3) is 0.613. The number of sulfone groups is 1. The van der Waals surface area contributed by atoms with Crippen LogP contribution in [0.5, 0.6) is 5.75 Å². The summed E-state index contributed by atoms with van der Waals surface area (Å²) < 4.78 is 60.4. The van der Waals surface area contributed by atoms with Crippen molar-refractivity contribution >= 4 is 21.6 Å². The van der Waals surface area contributed by atoms with Gasteiger partial charge in [0.15, 0.2) is 16.4 Å². The molecule has 1 fully saturated rings. The number of methoxy groups -OCH3 is 2. The van der Waals surface area contributed by atoms with Gasteiger partial charge in [0, 0.05) is 55.7 Å². The Hall–Kier alpha value is -2.84. The van der Waals surface area contributed by atoms with Gasteiger partial charge >= 0.3 is 0 Å². The number of nitrogens with zero attached hydrogens (tertiary/aromatic N) is 2. The lowest BCUT2D eigenvalue weighted by molar-refractivity contribution is -0.00988. The topological polar surface area (TPSA) is 143 Å². The third kappa shape index (κ3) is 6.30. The largest absolute Gasteiger partial charge is 0.506 e. The van der Waals surface area contributed by atoms with Crippen molar-refractivity contribution in [2.24, 2.45) is 10.9 Å². The number of ether oxygens (including phenoxy) is 3. The number of halogens is 1. The van der Waals surface area contributed by atoms with Crippen LogP contribution >= 0.6 is 0 Å². The van der Waals surface area contributed by atoms with Gasteiger partial charge in [0.05, 0.1) is 32.6 Å². The van der Waals surface area contributed by atoms with Crippen molar-refractivity contribution in [3.05, 3.63) is 51.2 Å². The maximum Gasteiger partial charge on any atom is 0.270 e. The maximum absolute atomic E-state index is 15.8. The number of aromatic hydroxyl groups is 1. The van der Waals surface area contributed by atoms with E-state index in [1.54, 1.807) is 6.08 Å². The Morgan fingerprint density at radius 3 is 2.66 bits per heavy atom. The first-order valence-corrected chi connectivity index (χ1v) is 16.9. The van der Waals surface area contributed by atoms with Crippen LogP contribution < -0.4 is 10.9 Å². The number of alkyl halides is 1. The highest BCUT2D eigenvalue weighted by molar-refractivity contribution is 7.92. The Morgan fingerprint density at radius 1 is 1.23 bits per heavy atom. The number of H-pyrrole nitrogens is 1. The van der Waals surface area contributed by atoms with Crippen LogP contribution in [0.3, 0.4) is 0 Å². The minimum absolute atomic E-state index is 0.0739. The van der Waals surface area contributed by atoms with Crippen LogP contribution in [0.2, 0.25) is 0 Å². The molecule has 242 valence electrons. The smallest absolute Gasteiger partial charge is 0.270 e. The summed E-state index contributed by atoms with van der Waals surface area (Å²) in [6, 6.07) is 0. The zero-order valence-electron chi connectivity index (χ0n) is 25.6. The highest BCUT2D eigenvalue weighted by Crippen LogP contribution is 2.41. The molecule has 0 radical (unpaired) electrons. The molecule has 1 aromatic rings. The number of aromatic amines is 1. The van der Waals surface area contributed by atoms with Gasteiger partial charge in [-0.2, -0.15) is 0 Å². The summed E-state index contributed by atoms with van der Waals surface area (Å²) in [7, 11) is -1.41. The van der Waals surface area contributed by atoms with Gasteiger partial charge in [-0.1, -0.05) is 25.5 Å². The number of unbranched alkanes of at least 4 members (excludes halogenated alkanes) is 1. The number of rotatable bonds is 10. The molecular formula is C31H43FN4O7S. The van der Waals surface area contributed by atoms with Gasteiger partial charge < -0.3 is 24.3 Å². The lowest BCUT2D eigenvalue weighted by Crippen LogP contribution is -2.58. The van der Waals surface area contributed by atoms with Crippen molar-refractivity contribution in [3.8, 4) is 5.75 Å². The summed E-state index contributed by atoms with van der Waals surface area (Å²) in [4.78, 5) is 21.8. The van der Waals surface area contributed by atoms with Crippen LogP contribution in [-0.2, 0) is 30.5 Å². The van der Waals surface area contributed by atoms with Crippen LogP contribution in [0.1, 0.15) is 50.3 Å². The Balaban J connectivity index is 1.47. The number of nitrogens with one attached hydrogen (secondary N) is 2. The van der Waals surface area contributed by atoms with Crippen LogP contribution in [0.25, 0.3) is 5.57 Å². The number of aliphatic imine (C=N–C) groups is 1. The van der Waals surface area contributed by atoms with Gasteiger partial charge in [0.25, 0.3) is 5.56 Å². The molecule has 1 saturated heterocycles. The van der Waals surface area contributed by atoms with Crippen molar-refractivity contribution in [1.29, 1.82) is 0 Å². The first-order valence-electron chi connectivity index (χ1n) is 15.3. The van der Waals surface area contributed by atoms with E-state index in [1.807, 2.05) is 24.0 Å². The van der Waals surface area contributed by atoms with Crippen LogP contribution in [-0.4, -0.2) is 101 Å². The molecule has 4 heterocycles. The van der Waals surface area contributed by atoms with E-state index in [0.717, 1.165) is 6.42 Å². The summed E-state index contributed by atoms with van der Waals surface area (Å²) in [5.41, 5.74) is 0.786. The number of aryl methyl sites for hydroxylation is 1. The van der Waals surface area contributed by atoms with Gasteiger partial charge in [-0.15, -0.1) is 0 Å². The molecule has 1 aliphatic carbocycles. The molecule has 0 bridgehead atoms. The molecule has 0 aromatic carbocycles. The lowest BCUT2D eigenvalue weighted by Gasteiger charge is -2.40. The first kappa shape index (κ1) is 32.6. The molecule has 5 rings (SSSR count). The van der Waals surface area contributed by atoms with E-state index in [4.69, 9.17) is 14.2 Å². The molecule has 0 saturated carbocycles. The molecule has 1 aromatic heterocycles. The number of aromatic nitrogens is 1. The summed E-state index contributed by atoms with van der Waals surface area (Å²) in [5, 5.41) is 13.6. The van der Waals surface area contributed by atoms with E-state index in [9.17, 15) is 18.3 Å². The Bertz CT molecular complexity index is 1500. The Morgan fingerprint density at radius 2 is 2.00 bits per heavy atom. The SMILES string of the molecule is CCCCc1[nH]c(=O)c(S(=O)(=O)C2CCC(C3=CCNC(N4CCOCC4)C3F)C=N2)c(O)c1C1=C(OC)C=CCC1OC. The fourth-order valence-electron chi connectivity index (χ4n) is 6.57. The summed E-state index contributed by atoms with van der Waals surface area (Å²) in [6.45, 7) is 4.86. The fourth-order valence-corrected chi connectivity index (χ4v) is 8.20. The molecule has 5 unspecified atom stereocenters. The molecule has 44 heavy (non-hydrogen) atoms. The molecule has 0 amide bonds. The lowest BCUT2D eigenvalue weighted by atomic mass is 9.87. The highest BCUT2D eigenvalue weighted by atomic mass is 32.2. The zero-order chi connectivity index (χ0) is 31.4. The monoisotopic (exact) mass is 634 g/mol. The van der Waals surface area contributed by atoms with Crippen LogP contribution in [0.4, 0.5) is 4.39 Å². The third-order valence-electron chi connectivity index (χ3n) is 8.91. The maximum atomic E-state index is 15.8. The van der Waals surface area contributed by atoms with E-state index in [0.29, 0.717) is 81.1 Å². The minimum atomic E-state index is -4.43. The Labute approximate surface area is 257 Å². The van der Waals surface area contributed by atoms with E-state index < -0.39 is 49.9 Å². The van der Waals surface area contributed by atoms with Gasteiger partial charge in [-0.25, -0.2) is 12.8 Å². The highest BCUT2D eigenvalue weighted by Gasteiger charge is 2.41. The number of pyridine rings is 1. The van der Waals surface area contributed by atoms with Crippen LogP contribution in [0.15, 0.2) is 44.2 Å². The molecule has 11 nitrogen and oxygen atoms in total. The predicted molar refractivity (Wildman–Crippen MR) is 165 cm³/mol. The third-order valence-corrected chi connectivity index (χ3v) is 10.9. The second kappa shape index (κ2) is 14.1. The van der Waals surface area contributed by atoms with Gasteiger partial charge in [-0.3, -0.25) is 20.0 Å². The summed E-state index contributed by atoms with van der Waals surface area (Å²) in [5.74, 6) is -0.583. The molecular weight excluding hydrogens is 591 g/mol. The summed E-state index contributed by atoms with van der Waals surface area (Å²) in [6.07, 6.45) is 7.48. The average Bonchev–Trinajstić information content (AvgIpc) is 3.04. The normalized spacial score (nSPS) is 28.3. The number of allylic oxidation sites excluding steroid dienone is 1. The number of hydrogen-bond donors (Lipinski definition) is 3. The number of hydrogen-bond acceptors (Lipinski definition) is 10. The molecule has 5 atom stereocenters. The van der Waals surface area contributed by atoms with Crippen LogP contribution in [0, 0.1) is 5.92 Å². The first-order chi connectivity index (χ1) is 21.2. The number of morpholine rings is 1. The van der Waals surface area contributed by atoms with Crippen molar-refractivity contribution in [1.82, 2.24) is 15.2 Å². The van der Waals surface area contributed by atoms with Crippen molar-refractivity contribution in [2.45, 2.75) is 74.2 Å². The van der Waals surface area contributed by atoms with E-state index >= 15 is 4.39 Å². The predicted octanol–water partition coefficient (Wildman–Crippen LogP) is 2.86. The quantitative estimate of drug-likeness (QED) is 0.331. The summed E-state index contributed by atoms with van der Waals surface area (Å²) >= 11 is 0. The van der Waals surface area contributed by atoms with E-state index in [2.05, 4.69) is 15.3 Å². The van der Waals surface area contributed by atoms with E-state index in [1.165, 1.54) is 20.4 Å². The van der Waals surface area contributed by atoms with Gasteiger partial charge in [-0.05, 0) is 43.8 Å². The molecule has 0 spiro atoms.